The first-order valence-electron chi connectivity index (χ1n) is 18.3. The number of ether oxygens (including phenoxy) is 1. The van der Waals surface area contributed by atoms with E-state index in [2.05, 4.69) is 20.6 Å². The number of rotatable bonds is 13. The molecule has 7 rings (SSSR count). The summed E-state index contributed by atoms with van der Waals surface area (Å²) in [6.45, 7) is 4.74. The highest BCUT2D eigenvalue weighted by Gasteiger charge is 2.12. The minimum atomic E-state index is -4.02. The van der Waals surface area contributed by atoms with Gasteiger partial charge in [0.25, 0.3) is 20.2 Å². The van der Waals surface area contributed by atoms with Crippen molar-refractivity contribution in [3.63, 3.8) is 0 Å². The first kappa shape index (κ1) is 47.7. The maximum atomic E-state index is 13.4. The Morgan fingerprint density at radius 1 is 0.790 bits per heavy atom. The zero-order chi connectivity index (χ0) is 45.1. The van der Waals surface area contributed by atoms with E-state index in [9.17, 15) is 29.6 Å². The SMILES string of the molecule is CS(=O)(=O)CCNCc1nc(-c2ccc3ncnc(Nc4ccc(OCc5cccc(F)c5)c(Cl)c4)c3c2)cs1.Cc1ccc(S(=O)(=O)O)cc1.Cc1ccc(S(=O)(=O)O)cc1. The van der Waals surface area contributed by atoms with Crippen molar-refractivity contribution in [1.82, 2.24) is 20.3 Å². The summed E-state index contributed by atoms with van der Waals surface area (Å²) >= 11 is 7.98. The van der Waals surface area contributed by atoms with Crippen molar-refractivity contribution in [3.05, 3.63) is 153 Å². The predicted octanol–water partition coefficient (Wildman–Crippen LogP) is 8.49. The van der Waals surface area contributed by atoms with Crippen LogP contribution in [-0.2, 0) is 43.2 Å². The van der Waals surface area contributed by atoms with Crippen molar-refractivity contribution in [2.45, 2.75) is 36.8 Å². The molecule has 0 fully saturated rings. The zero-order valence-electron chi connectivity index (χ0n) is 33.4. The number of aromatic nitrogens is 3. The first-order chi connectivity index (χ1) is 29.2. The number of sulfone groups is 1. The Morgan fingerprint density at radius 2 is 1.44 bits per heavy atom. The summed E-state index contributed by atoms with van der Waals surface area (Å²) in [7, 11) is -11.0. The van der Waals surface area contributed by atoms with E-state index in [1.165, 1.54) is 60.3 Å². The second-order valence-electron chi connectivity index (χ2n) is 13.7. The minimum absolute atomic E-state index is 0.0666. The summed E-state index contributed by atoms with van der Waals surface area (Å²) in [5.41, 5.74) is 5.81. The van der Waals surface area contributed by atoms with Gasteiger partial charge in [-0.1, -0.05) is 65.2 Å². The highest BCUT2D eigenvalue weighted by molar-refractivity contribution is 7.90. The first-order valence-corrected chi connectivity index (χ1v) is 24.5. The molecule has 0 aliphatic carbocycles. The molecule has 0 aliphatic heterocycles. The highest BCUT2D eigenvalue weighted by Crippen LogP contribution is 2.33. The third kappa shape index (κ3) is 14.9. The molecule has 14 nitrogen and oxygen atoms in total. The highest BCUT2D eigenvalue weighted by atomic mass is 35.5. The number of nitrogens with zero attached hydrogens (tertiary/aromatic N) is 3. The van der Waals surface area contributed by atoms with Gasteiger partial charge < -0.3 is 15.4 Å². The van der Waals surface area contributed by atoms with Crippen molar-refractivity contribution in [2.75, 3.05) is 23.9 Å². The lowest BCUT2D eigenvalue weighted by molar-refractivity contribution is 0.306. The molecule has 2 heterocycles. The summed E-state index contributed by atoms with van der Waals surface area (Å²) in [6, 6.07) is 29.4. The van der Waals surface area contributed by atoms with Gasteiger partial charge in [-0.05, 0) is 86.1 Å². The molecule has 0 radical (unpaired) electrons. The lowest BCUT2D eigenvalue weighted by Gasteiger charge is -2.12. The molecule has 0 saturated heterocycles. The monoisotopic (exact) mass is 941 g/mol. The summed E-state index contributed by atoms with van der Waals surface area (Å²) in [4.78, 5) is 13.4. The van der Waals surface area contributed by atoms with Gasteiger partial charge in [-0.25, -0.2) is 27.8 Å². The molecular weight excluding hydrogens is 901 g/mol. The molecule has 0 bridgehead atoms. The summed E-state index contributed by atoms with van der Waals surface area (Å²) in [6.07, 6.45) is 2.71. The molecule has 0 aliphatic rings. The molecular formula is C42H41ClFN5O9S4. The molecule has 0 spiro atoms. The average Bonchev–Trinajstić information content (AvgIpc) is 3.68. The predicted molar refractivity (Wildman–Crippen MR) is 240 cm³/mol. The molecule has 0 saturated carbocycles. The molecule has 62 heavy (non-hydrogen) atoms. The fraction of sp³-hybridized carbons (Fsp3) is 0.167. The third-order valence-electron chi connectivity index (χ3n) is 8.52. The topological polar surface area (TPSA) is 215 Å². The number of anilines is 2. The summed E-state index contributed by atoms with van der Waals surface area (Å²) < 4.78 is 101. The van der Waals surface area contributed by atoms with Gasteiger partial charge in [0.2, 0.25) is 0 Å². The van der Waals surface area contributed by atoms with Crippen LogP contribution in [0.4, 0.5) is 15.9 Å². The lowest BCUT2D eigenvalue weighted by Crippen LogP contribution is -2.21. The van der Waals surface area contributed by atoms with Gasteiger partial charge in [0.15, 0.2) is 0 Å². The van der Waals surface area contributed by atoms with Gasteiger partial charge in [0, 0.05) is 41.4 Å². The van der Waals surface area contributed by atoms with Crippen molar-refractivity contribution in [2.24, 2.45) is 0 Å². The van der Waals surface area contributed by atoms with Crippen LogP contribution in [0.25, 0.3) is 22.2 Å². The second kappa shape index (κ2) is 21.1. The summed E-state index contributed by atoms with van der Waals surface area (Å²) in [5.74, 6) is 0.855. The molecule has 0 amide bonds. The molecule has 2 aromatic heterocycles. The standard InChI is InChI=1S/C28H25ClFN5O3S2.2C7H8O3S/c1-40(36,37)10-9-31-14-27-35-25(16-39-27)19-5-7-24-22(12-19)28(33-17-32-24)34-21-6-8-26(23(29)13-21)38-15-18-3-2-4-20(30)11-18;2*1-6-2-4-7(5-3-6)11(8,9)10/h2-8,11-13,16-17,31H,9-10,14-15H2,1H3,(H,32,33,34);2*2-5H,1H3,(H,8,9,10). The number of thiazole rings is 1. The number of hydrogen-bond donors (Lipinski definition) is 4. The van der Waals surface area contributed by atoms with Crippen LogP contribution in [0.2, 0.25) is 5.02 Å². The number of fused-ring (bicyclic) bond motifs is 1. The van der Waals surface area contributed by atoms with Gasteiger partial charge in [-0.15, -0.1) is 11.3 Å². The van der Waals surface area contributed by atoms with E-state index in [1.54, 1.807) is 48.5 Å². The Bertz CT molecular complexity index is 2900. The molecule has 7 aromatic rings. The fourth-order valence-electron chi connectivity index (χ4n) is 5.33. The van der Waals surface area contributed by atoms with Crippen LogP contribution >= 0.6 is 22.9 Å². The van der Waals surface area contributed by atoms with E-state index in [0.29, 0.717) is 40.9 Å². The number of nitrogens with one attached hydrogen (secondary N) is 2. The number of hydrogen-bond acceptors (Lipinski definition) is 13. The second-order valence-corrected chi connectivity index (χ2v) is 20.1. The molecule has 0 atom stereocenters. The smallest absolute Gasteiger partial charge is 0.294 e. The van der Waals surface area contributed by atoms with Crippen molar-refractivity contribution < 1.29 is 43.5 Å². The van der Waals surface area contributed by atoms with E-state index in [-0.39, 0.29) is 28.0 Å². The van der Waals surface area contributed by atoms with Crippen LogP contribution in [0.1, 0.15) is 21.7 Å². The molecule has 5 aromatic carbocycles. The third-order valence-corrected chi connectivity index (χ3v) is 12.4. The average molecular weight is 943 g/mol. The number of halogens is 2. The van der Waals surface area contributed by atoms with Crippen LogP contribution in [0.5, 0.6) is 5.75 Å². The van der Waals surface area contributed by atoms with E-state index in [4.69, 9.17) is 30.4 Å². The van der Waals surface area contributed by atoms with Gasteiger partial charge in [-0.3, -0.25) is 9.11 Å². The van der Waals surface area contributed by atoms with Crippen molar-refractivity contribution in [3.8, 4) is 17.0 Å². The van der Waals surface area contributed by atoms with E-state index < -0.39 is 30.1 Å². The zero-order valence-corrected chi connectivity index (χ0v) is 37.4. The summed E-state index contributed by atoms with van der Waals surface area (Å²) in [5, 5.41) is 10.5. The van der Waals surface area contributed by atoms with Gasteiger partial charge in [-0.2, -0.15) is 16.8 Å². The van der Waals surface area contributed by atoms with Crippen molar-refractivity contribution in [1.29, 1.82) is 0 Å². The normalized spacial score (nSPS) is 11.5. The largest absolute Gasteiger partial charge is 0.487 e. The van der Waals surface area contributed by atoms with E-state index in [0.717, 1.165) is 38.3 Å². The van der Waals surface area contributed by atoms with Crippen LogP contribution in [0.3, 0.4) is 0 Å². The Morgan fingerprint density at radius 3 is 2.02 bits per heavy atom. The van der Waals surface area contributed by atoms with Gasteiger partial charge in [0.1, 0.15) is 45.2 Å². The molecule has 326 valence electrons. The maximum absolute atomic E-state index is 13.4. The van der Waals surface area contributed by atoms with Gasteiger partial charge in [0.05, 0.1) is 31.8 Å². The molecule has 20 heteroatoms. The van der Waals surface area contributed by atoms with Crippen molar-refractivity contribution >= 4 is 75.4 Å². The fourth-order valence-corrected chi connectivity index (χ4v) is 7.82. The number of aryl methyl sites for hydroxylation is 2. The Kier molecular flexibility index (Phi) is 16.2. The van der Waals surface area contributed by atoms with E-state index >= 15 is 0 Å². The molecule has 0 unspecified atom stereocenters. The molecule has 4 N–H and O–H groups in total. The quantitative estimate of drug-likeness (QED) is 0.0630. The Labute approximate surface area is 368 Å². The van der Waals surface area contributed by atoms with Crippen LogP contribution in [0.15, 0.2) is 131 Å². The van der Waals surface area contributed by atoms with Crippen LogP contribution in [0, 0.1) is 19.7 Å². The number of benzene rings is 5. The lowest BCUT2D eigenvalue weighted by atomic mass is 10.1. The van der Waals surface area contributed by atoms with Gasteiger partial charge >= 0.3 is 0 Å². The van der Waals surface area contributed by atoms with E-state index in [1.807, 2.05) is 43.5 Å². The maximum Gasteiger partial charge on any atom is 0.294 e. The van der Waals surface area contributed by atoms with Crippen LogP contribution < -0.4 is 15.4 Å². The van der Waals surface area contributed by atoms with Crippen LogP contribution in [-0.4, -0.2) is 67.9 Å². The Hall–Kier alpha value is -5.38. The minimum Gasteiger partial charge on any atom is -0.487 e. The Balaban J connectivity index is 0.000000267.